The monoisotopic (exact) mass is 128 g/mol. The molecule has 8 heavy (non-hydrogen) atoms. The van der Waals surface area contributed by atoms with E-state index in [0.29, 0.717) is 0 Å². The van der Waals surface area contributed by atoms with Gasteiger partial charge in [-0.25, -0.2) is 0 Å². The third-order valence-corrected chi connectivity index (χ3v) is 1.62. The number of thiocarbonyl (C=S) groups is 1. The van der Waals surface area contributed by atoms with E-state index in [9.17, 15) is 0 Å². The molecule has 0 aromatic carbocycles. The smallest absolute Gasteiger partial charge is 0.0834 e. The van der Waals surface area contributed by atoms with E-state index >= 15 is 0 Å². The van der Waals surface area contributed by atoms with E-state index in [4.69, 9.17) is 12.2 Å². The molecule has 1 aliphatic heterocycles. The summed E-state index contributed by atoms with van der Waals surface area (Å²) in [7, 11) is 0. The molecule has 0 bridgehead atoms. The molecule has 1 N–H and O–H groups in total. The minimum Gasteiger partial charge on any atom is -0.372 e. The molecule has 3 heteroatoms. The van der Waals surface area contributed by atoms with E-state index in [1.54, 1.807) is 6.34 Å². The molecule has 1 unspecified atom stereocenters. The summed E-state index contributed by atoms with van der Waals surface area (Å²) in [5.41, 5.74) is 0. The molecule has 0 saturated carbocycles. The Bertz CT molecular complexity index is 130. The van der Waals surface area contributed by atoms with Gasteiger partial charge < -0.3 is 5.32 Å². The predicted octanol–water partition coefficient (Wildman–Crippen LogP) is 0.376. The van der Waals surface area contributed by atoms with Crippen molar-refractivity contribution in [2.24, 2.45) is 4.99 Å². The van der Waals surface area contributed by atoms with Crippen LogP contribution in [0.25, 0.3) is 0 Å². The first kappa shape index (κ1) is 5.69. The summed E-state index contributed by atoms with van der Waals surface area (Å²) < 4.78 is 0. The summed E-state index contributed by atoms with van der Waals surface area (Å²) in [4.78, 5) is 5.03. The first-order valence-corrected chi connectivity index (χ1v) is 2.99. The Hall–Kier alpha value is -0.440. The summed E-state index contributed by atoms with van der Waals surface area (Å²) in [6.07, 6.45) is 1.71. The fourth-order valence-electron chi connectivity index (χ4n) is 0.542. The second-order valence-corrected chi connectivity index (χ2v) is 2.33. The maximum atomic E-state index is 4.95. The summed E-state index contributed by atoms with van der Waals surface area (Å²) in [5, 5.41) is 2.93. The molecule has 0 fully saturated rings. The van der Waals surface area contributed by atoms with E-state index in [-0.39, 0.29) is 6.04 Å². The SMILES string of the molecule is CC1N=CNCC1=S. The Morgan fingerprint density at radius 3 is 3.12 bits per heavy atom. The molecule has 0 aliphatic carbocycles. The van der Waals surface area contributed by atoms with Gasteiger partial charge in [-0.1, -0.05) is 12.2 Å². The number of nitrogens with zero attached hydrogens (tertiary/aromatic N) is 1. The second kappa shape index (κ2) is 2.22. The molecule has 0 amide bonds. The summed E-state index contributed by atoms with van der Waals surface area (Å²) in [6, 6.07) is 0.242. The lowest BCUT2D eigenvalue weighted by Crippen LogP contribution is -2.32. The molecular formula is C5H8N2S. The van der Waals surface area contributed by atoms with E-state index in [2.05, 4.69) is 10.3 Å². The van der Waals surface area contributed by atoms with Crippen molar-refractivity contribution in [3.63, 3.8) is 0 Å². The van der Waals surface area contributed by atoms with Crippen molar-refractivity contribution >= 4 is 23.4 Å². The summed E-state index contributed by atoms with van der Waals surface area (Å²) in [6.45, 7) is 2.81. The van der Waals surface area contributed by atoms with Crippen molar-refractivity contribution in [1.29, 1.82) is 0 Å². The minimum atomic E-state index is 0.242. The number of rotatable bonds is 0. The second-order valence-electron chi connectivity index (χ2n) is 1.80. The van der Waals surface area contributed by atoms with Crippen molar-refractivity contribution in [1.82, 2.24) is 5.32 Å². The molecule has 1 heterocycles. The summed E-state index contributed by atoms with van der Waals surface area (Å²) in [5.74, 6) is 0. The highest BCUT2D eigenvalue weighted by atomic mass is 32.1. The van der Waals surface area contributed by atoms with Crippen LogP contribution in [-0.2, 0) is 0 Å². The van der Waals surface area contributed by atoms with Crippen LogP contribution in [0.1, 0.15) is 6.92 Å². The van der Waals surface area contributed by atoms with Gasteiger partial charge in [0.15, 0.2) is 0 Å². The van der Waals surface area contributed by atoms with E-state index in [1.165, 1.54) is 0 Å². The Morgan fingerprint density at radius 1 is 2.00 bits per heavy atom. The Morgan fingerprint density at radius 2 is 2.75 bits per heavy atom. The molecule has 0 aromatic heterocycles. The molecule has 0 radical (unpaired) electrons. The van der Waals surface area contributed by atoms with Crippen molar-refractivity contribution in [3.8, 4) is 0 Å². The van der Waals surface area contributed by atoms with E-state index in [1.807, 2.05) is 6.92 Å². The van der Waals surface area contributed by atoms with Crippen LogP contribution in [0.5, 0.6) is 0 Å². The lowest BCUT2D eigenvalue weighted by molar-refractivity contribution is 0.904. The van der Waals surface area contributed by atoms with Crippen LogP contribution >= 0.6 is 12.2 Å². The zero-order valence-corrected chi connectivity index (χ0v) is 5.53. The largest absolute Gasteiger partial charge is 0.372 e. The average molecular weight is 128 g/mol. The van der Waals surface area contributed by atoms with E-state index < -0.39 is 0 Å². The molecule has 0 spiro atoms. The fraction of sp³-hybridized carbons (Fsp3) is 0.600. The number of aliphatic imine (C=N–C) groups is 1. The zero-order valence-electron chi connectivity index (χ0n) is 4.72. The Kier molecular flexibility index (Phi) is 1.58. The standard InChI is InChI=1S/C5H8N2S/c1-4-5(8)2-6-3-7-4/h3-4H,2H2,1H3,(H,6,7). The van der Waals surface area contributed by atoms with Crippen LogP contribution in [0.2, 0.25) is 0 Å². The van der Waals surface area contributed by atoms with Crippen LogP contribution in [-0.4, -0.2) is 23.8 Å². The Labute approximate surface area is 54.0 Å². The molecule has 0 saturated heterocycles. The number of hydrogen-bond donors (Lipinski definition) is 1. The van der Waals surface area contributed by atoms with Gasteiger partial charge in [0, 0.05) is 11.4 Å². The van der Waals surface area contributed by atoms with Crippen LogP contribution < -0.4 is 5.32 Å². The highest BCUT2D eigenvalue weighted by Gasteiger charge is 2.07. The minimum absolute atomic E-state index is 0.242. The molecule has 1 aliphatic rings. The van der Waals surface area contributed by atoms with E-state index in [0.717, 1.165) is 11.4 Å². The molecule has 1 atom stereocenters. The van der Waals surface area contributed by atoms with Crippen molar-refractivity contribution in [3.05, 3.63) is 0 Å². The van der Waals surface area contributed by atoms with Gasteiger partial charge in [0.2, 0.25) is 0 Å². The molecule has 44 valence electrons. The van der Waals surface area contributed by atoms with Gasteiger partial charge in [-0.2, -0.15) is 0 Å². The highest BCUT2D eigenvalue weighted by Crippen LogP contribution is 1.94. The number of hydrogen-bond acceptors (Lipinski definition) is 3. The maximum Gasteiger partial charge on any atom is 0.0834 e. The van der Waals surface area contributed by atoms with Gasteiger partial charge in [0.25, 0.3) is 0 Å². The molecular weight excluding hydrogens is 120 g/mol. The molecule has 2 nitrogen and oxygen atoms in total. The summed E-state index contributed by atoms with van der Waals surface area (Å²) >= 11 is 4.95. The van der Waals surface area contributed by atoms with Gasteiger partial charge in [0.05, 0.1) is 12.4 Å². The Balaban J connectivity index is 2.60. The first-order chi connectivity index (χ1) is 3.80. The van der Waals surface area contributed by atoms with Gasteiger partial charge >= 0.3 is 0 Å². The van der Waals surface area contributed by atoms with Gasteiger partial charge in [-0.3, -0.25) is 4.99 Å². The fourth-order valence-corrected chi connectivity index (χ4v) is 0.686. The predicted molar refractivity (Wildman–Crippen MR) is 38.6 cm³/mol. The quantitative estimate of drug-likeness (QED) is 0.477. The molecule has 0 aromatic rings. The third-order valence-electron chi connectivity index (χ3n) is 1.13. The highest BCUT2D eigenvalue weighted by molar-refractivity contribution is 7.80. The topological polar surface area (TPSA) is 24.4 Å². The van der Waals surface area contributed by atoms with Crippen LogP contribution in [0.4, 0.5) is 0 Å². The van der Waals surface area contributed by atoms with Crippen molar-refractivity contribution < 1.29 is 0 Å². The lowest BCUT2D eigenvalue weighted by Gasteiger charge is -2.12. The van der Waals surface area contributed by atoms with Crippen LogP contribution in [0.15, 0.2) is 4.99 Å². The lowest BCUT2D eigenvalue weighted by atomic mass is 10.2. The maximum absolute atomic E-state index is 4.95. The van der Waals surface area contributed by atoms with Crippen molar-refractivity contribution in [2.45, 2.75) is 13.0 Å². The van der Waals surface area contributed by atoms with Crippen LogP contribution in [0.3, 0.4) is 0 Å². The van der Waals surface area contributed by atoms with Gasteiger partial charge in [-0.15, -0.1) is 0 Å². The van der Waals surface area contributed by atoms with Crippen molar-refractivity contribution in [2.75, 3.05) is 6.54 Å². The van der Waals surface area contributed by atoms with Gasteiger partial charge in [-0.05, 0) is 6.92 Å². The molecule has 1 rings (SSSR count). The average Bonchev–Trinajstić information content (AvgIpc) is 1.77. The number of nitrogens with one attached hydrogen (secondary N) is 1. The van der Waals surface area contributed by atoms with Gasteiger partial charge in [0.1, 0.15) is 0 Å². The van der Waals surface area contributed by atoms with Crippen LogP contribution in [0, 0.1) is 0 Å². The zero-order chi connectivity index (χ0) is 5.98. The third kappa shape index (κ3) is 1.04. The normalized spacial score (nSPS) is 27.6. The first-order valence-electron chi connectivity index (χ1n) is 2.58.